The molecule has 0 saturated heterocycles. The second kappa shape index (κ2) is 8.40. The molecule has 31 heavy (non-hydrogen) atoms. The first kappa shape index (κ1) is 22.0. The minimum Gasteiger partial charge on any atom is -0.452 e. The molecule has 11 heteroatoms. The molecule has 2 heterocycles. The molecule has 2 aromatic heterocycles. The number of carbonyl (C=O) groups excluding carboxylic acids is 1. The first-order valence-corrected chi connectivity index (χ1v) is 12.0. The molecule has 4 aromatic rings. The molecule has 8 nitrogen and oxygen atoms in total. The second-order valence-electron chi connectivity index (χ2n) is 6.75. The van der Waals surface area contributed by atoms with Gasteiger partial charge in [0.25, 0.3) is 10.1 Å². The predicted octanol–water partition coefficient (Wildman–Crippen LogP) is 5.37. The first-order valence-electron chi connectivity index (χ1n) is 8.91. The van der Waals surface area contributed by atoms with E-state index in [1.54, 1.807) is 24.4 Å². The number of aromatic amines is 1. The molecule has 162 valence electrons. The van der Waals surface area contributed by atoms with Gasteiger partial charge in [-0.2, -0.15) is 8.42 Å². The van der Waals surface area contributed by atoms with E-state index in [2.05, 4.69) is 36.8 Å². The summed E-state index contributed by atoms with van der Waals surface area (Å²) in [5.74, 6) is 0. The van der Waals surface area contributed by atoms with Crippen molar-refractivity contribution >= 4 is 69.9 Å². The van der Waals surface area contributed by atoms with Crippen LogP contribution >= 0.6 is 31.9 Å². The van der Waals surface area contributed by atoms with Gasteiger partial charge in [0.2, 0.25) is 5.44 Å². The number of aromatic nitrogens is 2. The lowest BCUT2D eigenvalue weighted by Crippen LogP contribution is -2.16. The topological polar surface area (TPSA) is 111 Å². The Morgan fingerprint density at radius 2 is 1.84 bits per heavy atom. The normalized spacial score (nSPS) is 13.0. The molecule has 2 aromatic carbocycles. The van der Waals surface area contributed by atoms with Crippen molar-refractivity contribution in [3.8, 4) is 0 Å². The highest BCUT2D eigenvalue weighted by molar-refractivity contribution is 9.10. The average molecular weight is 572 g/mol. The molecule has 4 rings (SSSR count). The van der Waals surface area contributed by atoms with Crippen LogP contribution in [-0.4, -0.2) is 35.7 Å². The molecule has 1 unspecified atom stereocenters. The fourth-order valence-electron chi connectivity index (χ4n) is 3.44. The zero-order valence-electron chi connectivity index (χ0n) is 16.0. The third-order valence-electron chi connectivity index (χ3n) is 4.81. The minimum absolute atomic E-state index is 0.0898. The number of halogens is 2. The molecule has 0 spiro atoms. The number of benzene rings is 2. The highest BCUT2D eigenvalue weighted by Gasteiger charge is 2.31. The van der Waals surface area contributed by atoms with Gasteiger partial charge < -0.3 is 14.5 Å². The van der Waals surface area contributed by atoms with Crippen LogP contribution in [0.3, 0.4) is 0 Å². The summed E-state index contributed by atoms with van der Waals surface area (Å²) in [6.07, 6.45) is 2.31. The summed E-state index contributed by atoms with van der Waals surface area (Å²) in [6, 6.07) is 10.6. The van der Waals surface area contributed by atoms with Crippen LogP contribution in [0.15, 0.2) is 57.7 Å². The lowest BCUT2D eigenvalue weighted by atomic mass is 10.2. The van der Waals surface area contributed by atoms with Crippen molar-refractivity contribution in [1.29, 1.82) is 0 Å². The van der Waals surface area contributed by atoms with Crippen LogP contribution in [0.5, 0.6) is 0 Å². The van der Waals surface area contributed by atoms with Gasteiger partial charge >= 0.3 is 6.09 Å². The number of rotatable bonds is 5. The Morgan fingerprint density at radius 1 is 1.16 bits per heavy atom. The van der Waals surface area contributed by atoms with Gasteiger partial charge in [0.1, 0.15) is 0 Å². The van der Waals surface area contributed by atoms with E-state index in [4.69, 9.17) is 9.47 Å². The SMILES string of the molecule is COC(=O)n1cc(C(OCc2c[nH]c3cc(Br)ccc23)S(=O)(=O)O)c2ccc(Br)cc21. The van der Waals surface area contributed by atoms with E-state index in [-0.39, 0.29) is 12.2 Å². The number of carbonyl (C=O) groups is 1. The smallest absolute Gasteiger partial charge is 0.418 e. The molecule has 0 saturated carbocycles. The highest BCUT2D eigenvalue weighted by Crippen LogP contribution is 2.34. The lowest BCUT2D eigenvalue weighted by molar-refractivity contribution is 0.0874. The van der Waals surface area contributed by atoms with Crippen LogP contribution < -0.4 is 0 Å². The first-order chi connectivity index (χ1) is 14.7. The van der Waals surface area contributed by atoms with Crippen molar-refractivity contribution in [2.45, 2.75) is 12.0 Å². The standard InChI is InChI=1S/C20H16Br2N2O6S/c1-29-20(25)24-9-16(15-5-3-13(22)7-18(15)24)19(31(26,27)28)30-10-11-8-23-17-6-12(21)2-4-14(11)17/h2-9,19,23H,10H2,1H3,(H,26,27,28). The summed E-state index contributed by atoms with van der Waals surface area (Å²) in [6.45, 7) is -0.0898. The summed E-state index contributed by atoms with van der Waals surface area (Å²) in [5.41, 5.74) is 0.394. The number of ether oxygens (including phenoxy) is 2. The molecule has 2 N–H and O–H groups in total. The number of nitrogens with one attached hydrogen (secondary N) is 1. The Kier molecular flexibility index (Phi) is 5.97. The Hall–Kier alpha value is -2.18. The molecule has 0 amide bonds. The van der Waals surface area contributed by atoms with Gasteiger partial charge in [-0.15, -0.1) is 0 Å². The van der Waals surface area contributed by atoms with Crippen LogP contribution in [0.4, 0.5) is 4.79 Å². The van der Waals surface area contributed by atoms with Gasteiger partial charge in [0.15, 0.2) is 0 Å². The maximum Gasteiger partial charge on any atom is 0.418 e. The van der Waals surface area contributed by atoms with Crippen LogP contribution in [0.2, 0.25) is 0 Å². The Labute approximate surface area is 194 Å². The Bertz CT molecular complexity index is 1410. The predicted molar refractivity (Wildman–Crippen MR) is 123 cm³/mol. The number of hydrogen-bond donors (Lipinski definition) is 2. The van der Waals surface area contributed by atoms with E-state index in [1.165, 1.54) is 17.9 Å². The van der Waals surface area contributed by atoms with E-state index < -0.39 is 21.6 Å². The van der Waals surface area contributed by atoms with E-state index in [0.717, 1.165) is 20.9 Å². The van der Waals surface area contributed by atoms with Gasteiger partial charge in [0.05, 0.1) is 19.2 Å². The Morgan fingerprint density at radius 3 is 2.52 bits per heavy atom. The minimum atomic E-state index is -4.67. The average Bonchev–Trinajstić information content (AvgIpc) is 3.27. The van der Waals surface area contributed by atoms with E-state index in [9.17, 15) is 17.8 Å². The van der Waals surface area contributed by atoms with E-state index in [1.807, 2.05) is 18.2 Å². The molecule has 0 aliphatic heterocycles. The van der Waals surface area contributed by atoms with Crippen LogP contribution in [0.1, 0.15) is 16.6 Å². The zero-order valence-corrected chi connectivity index (χ0v) is 20.0. The summed E-state index contributed by atoms with van der Waals surface area (Å²) in [7, 11) is -3.45. The van der Waals surface area contributed by atoms with Crippen molar-refractivity contribution in [3.63, 3.8) is 0 Å². The molecule has 0 aliphatic carbocycles. The van der Waals surface area contributed by atoms with Gasteiger partial charge in [-0.05, 0) is 24.3 Å². The molecular formula is C20H16Br2N2O6S. The van der Waals surface area contributed by atoms with Crippen molar-refractivity contribution in [2.24, 2.45) is 0 Å². The van der Waals surface area contributed by atoms with Crippen LogP contribution in [0, 0.1) is 0 Å². The molecule has 0 aliphatic rings. The summed E-state index contributed by atoms with van der Waals surface area (Å²) in [4.78, 5) is 15.3. The maximum absolute atomic E-state index is 12.2. The maximum atomic E-state index is 12.2. The third-order valence-corrected chi connectivity index (χ3v) is 6.73. The Balaban J connectivity index is 1.77. The number of nitrogens with zero attached hydrogens (tertiary/aromatic N) is 1. The lowest BCUT2D eigenvalue weighted by Gasteiger charge is -2.14. The number of methoxy groups -OCH3 is 1. The number of H-pyrrole nitrogens is 1. The van der Waals surface area contributed by atoms with Crippen molar-refractivity contribution in [2.75, 3.05) is 7.11 Å². The van der Waals surface area contributed by atoms with Crippen molar-refractivity contribution in [3.05, 3.63) is 68.9 Å². The molecule has 1 atom stereocenters. The summed E-state index contributed by atoms with van der Waals surface area (Å²) < 4.78 is 47.6. The van der Waals surface area contributed by atoms with Gasteiger partial charge in [-0.25, -0.2) is 4.79 Å². The largest absolute Gasteiger partial charge is 0.452 e. The van der Waals surface area contributed by atoms with Crippen molar-refractivity contribution < 1.29 is 27.2 Å². The zero-order chi connectivity index (χ0) is 22.3. The molecule has 0 bridgehead atoms. The van der Waals surface area contributed by atoms with Gasteiger partial charge in [0, 0.05) is 48.8 Å². The summed E-state index contributed by atoms with van der Waals surface area (Å²) >= 11 is 6.74. The monoisotopic (exact) mass is 570 g/mol. The molecular weight excluding hydrogens is 556 g/mol. The van der Waals surface area contributed by atoms with E-state index in [0.29, 0.717) is 15.4 Å². The fourth-order valence-corrected chi connectivity index (χ4v) is 4.90. The van der Waals surface area contributed by atoms with Crippen LogP contribution in [-0.2, 0) is 26.2 Å². The van der Waals surface area contributed by atoms with Gasteiger partial charge in [-0.1, -0.05) is 44.0 Å². The van der Waals surface area contributed by atoms with E-state index >= 15 is 0 Å². The highest BCUT2D eigenvalue weighted by atomic mass is 79.9. The molecule has 0 radical (unpaired) electrons. The number of hydrogen-bond acceptors (Lipinski definition) is 5. The number of fused-ring (bicyclic) bond motifs is 2. The fraction of sp³-hybridized carbons (Fsp3) is 0.150. The van der Waals surface area contributed by atoms with Crippen LogP contribution in [0.25, 0.3) is 21.8 Å². The van der Waals surface area contributed by atoms with Crippen molar-refractivity contribution in [1.82, 2.24) is 9.55 Å². The third kappa shape index (κ3) is 4.28. The second-order valence-corrected chi connectivity index (χ2v) is 10.0. The molecule has 0 fully saturated rings. The quantitative estimate of drug-likeness (QED) is 0.312. The van der Waals surface area contributed by atoms with Gasteiger partial charge in [-0.3, -0.25) is 9.12 Å². The summed E-state index contributed by atoms with van der Waals surface area (Å²) in [5, 5.41) is 1.29.